The summed E-state index contributed by atoms with van der Waals surface area (Å²) in [7, 11) is 0. The number of nitro groups is 1. The Morgan fingerprint density at radius 3 is 2.60 bits per heavy atom. The molecule has 0 saturated carbocycles. The van der Waals surface area contributed by atoms with E-state index in [4.69, 9.17) is 4.74 Å². The standard InChI is InChI=1S/C14H18N4O5.C2H6/c1-14(2,3)23-13(20)15-9-7-12(19)17(8-9)10-5-4-6-11(16-10)18(21)22;1-2/h4-6,9H,7-8H2,1-3H3,(H,15,20);1-2H3. The fourth-order valence-electron chi connectivity index (χ4n) is 2.16. The second-order valence-corrected chi connectivity index (χ2v) is 6.16. The molecule has 0 radical (unpaired) electrons. The Kier molecular flexibility index (Phi) is 6.84. The van der Waals surface area contributed by atoms with Gasteiger partial charge in [-0.1, -0.05) is 13.8 Å². The molecule has 138 valence electrons. The third kappa shape index (κ3) is 6.02. The maximum atomic E-state index is 12.1. The molecule has 1 unspecified atom stereocenters. The average Bonchev–Trinajstić information content (AvgIpc) is 2.87. The number of rotatable bonds is 3. The number of hydrogen-bond acceptors (Lipinski definition) is 6. The number of carbonyl (C=O) groups excluding carboxylic acids is 2. The molecule has 9 heteroatoms. The van der Waals surface area contributed by atoms with Gasteiger partial charge < -0.3 is 20.2 Å². The molecule has 2 rings (SSSR count). The Bertz CT molecular complexity index is 642. The molecule has 9 nitrogen and oxygen atoms in total. The summed E-state index contributed by atoms with van der Waals surface area (Å²) in [6.45, 7) is 9.41. The average molecular weight is 352 g/mol. The van der Waals surface area contributed by atoms with Crippen molar-refractivity contribution < 1.29 is 19.2 Å². The van der Waals surface area contributed by atoms with Crippen molar-refractivity contribution in [3.63, 3.8) is 0 Å². The van der Waals surface area contributed by atoms with E-state index in [1.165, 1.54) is 23.1 Å². The molecule has 1 aromatic heterocycles. The highest BCUT2D eigenvalue weighted by atomic mass is 16.6. The van der Waals surface area contributed by atoms with Gasteiger partial charge in [0.25, 0.3) is 0 Å². The van der Waals surface area contributed by atoms with Gasteiger partial charge in [0.15, 0.2) is 0 Å². The Morgan fingerprint density at radius 1 is 1.40 bits per heavy atom. The quantitative estimate of drug-likeness (QED) is 0.660. The van der Waals surface area contributed by atoms with E-state index >= 15 is 0 Å². The molecule has 0 aromatic carbocycles. The Labute approximate surface area is 146 Å². The highest BCUT2D eigenvalue weighted by Gasteiger charge is 2.35. The maximum absolute atomic E-state index is 12.1. The van der Waals surface area contributed by atoms with Crippen molar-refractivity contribution in [3.05, 3.63) is 28.3 Å². The summed E-state index contributed by atoms with van der Waals surface area (Å²) < 4.78 is 5.14. The van der Waals surface area contributed by atoms with Crippen molar-refractivity contribution in [2.45, 2.75) is 52.7 Å². The highest BCUT2D eigenvalue weighted by molar-refractivity contribution is 5.95. The summed E-state index contributed by atoms with van der Waals surface area (Å²) >= 11 is 0. The van der Waals surface area contributed by atoms with Gasteiger partial charge in [0.05, 0.1) is 12.6 Å². The molecule has 0 spiro atoms. The van der Waals surface area contributed by atoms with Crippen LogP contribution in [0.5, 0.6) is 0 Å². The maximum Gasteiger partial charge on any atom is 0.407 e. The lowest BCUT2D eigenvalue weighted by Gasteiger charge is -2.21. The van der Waals surface area contributed by atoms with Crippen LogP contribution in [0.4, 0.5) is 16.4 Å². The van der Waals surface area contributed by atoms with Crippen LogP contribution >= 0.6 is 0 Å². The molecule has 2 heterocycles. The molecular formula is C16H24N4O5. The van der Waals surface area contributed by atoms with Gasteiger partial charge >= 0.3 is 11.9 Å². The zero-order chi connectivity index (χ0) is 19.2. The lowest BCUT2D eigenvalue weighted by Crippen LogP contribution is -2.40. The minimum Gasteiger partial charge on any atom is -0.444 e. The number of ether oxygens (including phenoxy) is 1. The highest BCUT2D eigenvalue weighted by Crippen LogP contribution is 2.22. The second kappa shape index (κ2) is 8.41. The number of aromatic nitrogens is 1. The summed E-state index contributed by atoms with van der Waals surface area (Å²) in [6, 6.07) is 3.79. The molecule has 1 aromatic rings. The number of alkyl carbamates (subject to hydrolysis) is 1. The number of amides is 2. The first-order valence-electron chi connectivity index (χ1n) is 8.07. The third-order valence-corrected chi connectivity index (χ3v) is 3.03. The van der Waals surface area contributed by atoms with E-state index in [0.717, 1.165) is 0 Å². The summed E-state index contributed by atoms with van der Waals surface area (Å²) in [5, 5.41) is 13.4. The Morgan fingerprint density at radius 2 is 2.04 bits per heavy atom. The largest absolute Gasteiger partial charge is 0.444 e. The first-order valence-corrected chi connectivity index (χ1v) is 8.07. The van der Waals surface area contributed by atoms with Gasteiger partial charge in [0, 0.05) is 18.6 Å². The first kappa shape index (κ1) is 20.3. The van der Waals surface area contributed by atoms with E-state index in [0.29, 0.717) is 0 Å². The van der Waals surface area contributed by atoms with Gasteiger partial charge in [-0.05, 0) is 36.7 Å². The monoisotopic (exact) mass is 352 g/mol. The molecule has 0 bridgehead atoms. The van der Waals surface area contributed by atoms with Gasteiger partial charge in [-0.2, -0.15) is 0 Å². The zero-order valence-corrected chi connectivity index (χ0v) is 15.1. The van der Waals surface area contributed by atoms with E-state index in [1.54, 1.807) is 20.8 Å². The first-order chi connectivity index (χ1) is 11.7. The number of anilines is 1. The minimum absolute atomic E-state index is 0.0869. The van der Waals surface area contributed by atoms with E-state index in [-0.39, 0.29) is 30.5 Å². The van der Waals surface area contributed by atoms with Gasteiger partial charge in [-0.25, -0.2) is 4.79 Å². The molecule has 0 aliphatic carbocycles. The number of hydrogen-bond donors (Lipinski definition) is 1. The number of carbonyl (C=O) groups is 2. The molecule has 1 aliphatic rings. The van der Waals surface area contributed by atoms with Crippen LogP contribution in [0.2, 0.25) is 0 Å². The third-order valence-electron chi connectivity index (χ3n) is 3.03. The SMILES string of the molecule is CC.CC(C)(C)OC(=O)NC1CC(=O)N(c2cccc([N+](=O)[O-])n2)C1. The molecule has 1 atom stereocenters. The van der Waals surface area contributed by atoms with Gasteiger partial charge in [0.1, 0.15) is 5.60 Å². The Hall–Kier alpha value is -2.71. The second-order valence-electron chi connectivity index (χ2n) is 6.16. The topological polar surface area (TPSA) is 115 Å². The fourth-order valence-corrected chi connectivity index (χ4v) is 2.16. The van der Waals surface area contributed by atoms with Gasteiger partial charge in [0.2, 0.25) is 11.7 Å². The summed E-state index contributed by atoms with van der Waals surface area (Å²) in [4.78, 5) is 39.1. The van der Waals surface area contributed by atoms with Crippen LogP contribution < -0.4 is 10.2 Å². The molecule has 1 aliphatic heterocycles. The van der Waals surface area contributed by atoms with Crippen LogP contribution in [-0.4, -0.2) is 40.1 Å². The van der Waals surface area contributed by atoms with Crippen LogP contribution in [0.15, 0.2) is 18.2 Å². The molecular weight excluding hydrogens is 328 g/mol. The fraction of sp³-hybridized carbons (Fsp3) is 0.562. The predicted molar refractivity (Wildman–Crippen MR) is 92.4 cm³/mol. The summed E-state index contributed by atoms with van der Waals surface area (Å²) in [5.41, 5.74) is -0.631. The van der Waals surface area contributed by atoms with Crippen LogP contribution in [-0.2, 0) is 9.53 Å². The molecule has 25 heavy (non-hydrogen) atoms. The van der Waals surface area contributed by atoms with Crippen molar-refractivity contribution in [3.8, 4) is 0 Å². The molecule has 1 N–H and O–H groups in total. The van der Waals surface area contributed by atoms with Crippen LogP contribution in [0.1, 0.15) is 41.0 Å². The number of pyridine rings is 1. The lowest BCUT2D eigenvalue weighted by molar-refractivity contribution is -0.389. The normalized spacial score (nSPS) is 16.8. The van der Waals surface area contributed by atoms with Crippen molar-refractivity contribution >= 4 is 23.6 Å². The van der Waals surface area contributed by atoms with E-state index in [2.05, 4.69) is 10.3 Å². The van der Waals surface area contributed by atoms with Crippen molar-refractivity contribution in [1.29, 1.82) is 0 Å². The van der Waals surface area contributed by atoms with Crippen LogP contribution in [0, 0.1) is 10.1 Å². The van der Waals surface area contributed by atoms with E-state index < -0.39 is 22.7 Å². The van der Waals surface area contributed by atoms with Crippen molar-refractivity contribution in [2.24, 2.45) is 0 Å². The number of nitrogens with zero attached hydrogens (tertiary/aromatic N) is 3. The van der Waals surface area contributed by atoms with Gasteiger partial charge in [-0.3, -0.25) is 9.69 Å². The predicted octanol–water partition coefficient (Wildman–Crippen LogP) is 2.65. The molecule has 2 amide bonds. The van der Waals surface area contributed by atoms with Crippen molar-refractivity contribution in [2.75, 3.05) is 11.4 Å². The Balaban J connectivity index is 0.00000151. The van der Waals surface area contributed by atoms with Crippen LogP contribution in [0.25, 0.3) is 0 Å². The molecule has 1 saturated heterocycles. The van der Waals surface area contributed by atoms with Crippen molar-refractivity contribution in [1.82, 2.24) is 10.3 Å². The smallest absolute Gasteiger partial charge is 0.407 e. The zero-order valence-electron chi connectivity index (χ0n) is 15.1. The van der Waals surface area contributed by atoms with Gasteiger partial charge in [-0.15, -0.1) is 0 Å². The van der Waals surface area contributed by atoms with E-state index in [9.17, 15) is 19.7 Å². The van der Waals surface area contributed by atoms with Crippen LogP contribution in [0.3, 0.4) is 0 Å². The molecule has 1 fully saturated rings. The minimum atomic E-state index is -0.631. The summed E-state index contributed by atoms with van der Waals surface area (Å²) in [6.07, 6.45) is -0.520. The lowest BCUT2D eigenvalue weighted by atomic mass is 10.2. The summed E-state index contributed by atoms with van der Waals surface area (Å²) in [5.74, 6) is -0.407. The number of nitrogens with one attached hydrogen (secondary N) is 1. The van der Waals surface area contributed by atoms with E-state index in [1.807, 2.05) is 13.8 Å².